The second-order valence-corrected chi connectivity index (χ2v) is 3.20. The average Bonchev–Trinajstić information content (AvgIpc) is 2.07. The number of nitrogens with two attached hydrogens (primary N) is 1. The van der Waals surface area contributed by atoms with Gasteiger partial charge in [0, 0.05) is 4.47 Å². The van der Waals surface area contributed by atoms with Gasteiger partial charge in [-0.25, -0.2) is 13.8 Å². The molecule has 0 radical (unpaired) electrons. The summed E-state index contributed by atoms with van der Waals surface area (Å²) < 4.78 is 24.8. The molecular formula is C7H7BrF2N2O. The molecule has 0 bridgehead atoms. The van der Waals surface area contributed by atoms with E-state index < -0.39 is 6.43 Å². The van der Waals surface area contributed by atoms with Crippen LogP contribution in [-0.2, 0) is 6.61 Å². The van der Waals surface area contributed by atoms with E-state index in [1.54, 1.807) is 0 Å². The first-order chi connectivity index (χ1) is 6.06. The molecule has 3 N–H and O–H groups in total. The number of pyridine rings is 1. The van der Waals surface area contributed by atoms with Crippen molar-refractivity contribution < 1.29 is 13.9 Å². The van der Waals surface area contributed by atoms with Crippen molar-refractivity contribution in [2.24, 2.45) is 0 Å². The average molecular weight is 253 g/mol. The fraction of sp³-hybridized carbons (Fsp3) is 0.286. The van der Waals surface area contributed by atoms with Crippen LogP contribution in [-0.4, -0.2) is 10.1 Å². The van der Waals surface area contributed by atoms with Crippen LogP contribution in [0, 0.1) is 0 Å². The van der Waals surface area contributed by atoms with E-state index in [9.17, 15) is 8.78 Å². The zero-order valence-corrected chi connectivity index (χ0v) is 8.05. The molecule has 0 aromatic carbocycles. The first-order valence-electron chi connectivity index (χ1n) is 3.40. The third kappa shape index (κ3) is 2.13. The Balaban J connectivity index is 3.20. The SMILES string of the molecule is Nc1nc(CO)c(Br)cc1C(F)F. The maximum absolute atomic E-state index is 12.2. The van der Waals surface area contributed by atoms with Gasteiger partial charge in [0.2, 0.25) is 0 Å². The number of aromatic nitrogens is 1. The summed E-state index contributed by atoms with van der Waals surface area (Å²) in [5.41, 5.74) is 5.17. The molecule has 0 aliphatic carbocycles. The zero-order chi connectivity index (χ0) is 10.0. The van der Waals surface area contributed by atoms with E-state index in [1.165, 1.54) is 6.07 Å². The van der Waals surface area contributed by atoms with Crippen molar-refractivity contribution in [3.05, 3.63) is 21.8 Å². The van der Waals surface area contributed by atoms with Gasteiger partial charge < -0.3 is 10.8 Å². The number of aliphatic hydroxyl groups is 1. The van der Waals surface area contributed by atoms with Crippen molar-refractivity contribution in [1.29, 1.82) is 0 Å². The van der Waals surface area contributed by atoms with Gasteiger partial charge in [0.05, 0.1) is 17.9 Å². The van der Waals surface area contributed by atoms with Crippen LogP contribution in [0.2, 0.25) is 0 Å². The lowest BCUT2D eigenvalue weighted by atomic mass is 10.2. The van der Waals surface area contributed by atoms with Gasteiger partial charge in [0.25, 0.3) is 6.43 Å². The van der Waals surface area contributed by atoms with Gasteiger partial charge in [-0.1, -0.05) is 0 Å². The third-order valence-corrected chi connectivity index (χ3v) is 2.18. The summed E-state index contributed by atoms with van der Waals surface area (Å²) >= 11 is 3.00. The molecule has 0 fully saturated rings. The Morgan fingerprint density at radius 3 is 2.69 bits per heavy atom. The number of hydrogen-bond donors (Lipinski definition) is 2. The van der Waals surface area contributed by atoms with Crippen molar-refractivity contribution in [2.75, 3.05) is 5.73 Å². The summed E-state index contributed by atoms with van der Waals surface area (Å²) in [5.74, 6) is -0.248. The molecule has 0 amide bonds. The molecular weight excluding hydrogens is 246 g/mol. The van der Waals surface area contributed by atoms with Gasteiger partial charge in [0.1, 0.15) is 5.82 Å². The van der Waals surface area contributed by atoms with Crippen LogP contribution in [0.15, 0.2) is 10.5 Å². The van der Waals surface area contributed by atoms with Crippen LogP contribution in [0.1, 0.15) is 17.7 Å². The van der Waals surface area contributed by atoms with Crippen molar-refractivity contribution >= 4 is 21.7 Å². The number of hydrogen-bond acceptors (Lipinski definition) is 3. The molecule has 0 aliphatic rings. The van der Waals surface area contributed by atoms with Crippen LogP contribution >= 0.6 is 15.9 Å². The predicted molar refractivity (Wildman–Crippen MR) is 47.2 cm³/mol. The summed E-state index contributed by atoms with van der Waals surface area (Å²) in [6.07, 6.45) is -2.66. The van der Waals surface area contributed by atoms with Gasteiger partial charge in [-0.05, 0) is 22.0 Å². The fourth-order valence-corrected chi connectivity index (χ4v) is 1.30. The summed E-state index contributed by atoms with van der Waals surface area (Å²) in [4.78, 5) is 3.61. The second-order valence-electron chi connectivity index (χ2n) is 2.35. The van der Waals surface area contributed by atoms with Crippen LogP contribution in [0.25, 0.3) is 0 Å². The first kappa shape index (κ1) is 10.3. The summed E-state index contributed by atoms with van der Waals surface area (Å²) in [7, 11) is 0. The normalized spacial score (nSPS) is 10.8. The molecule has 0 atom stereocenters. The lowest BCUT2D eigenvalue weighted by Crippen LogP contribution is -2.02. The molecule has 0 unspecified atom stereocenters. The smallest absolute Gasteiger partial charge is 0.267 e. The highest BCUT2D eigenvalue weighted by Crippen LogP contribution is 2.28. The molecule has 0 saturated heterocycles. The van der Waals surface area contributed by atoms with Crippen LogP contribution in [0.5, 0.6) is 0 Å². The van der Waals surface area contributed by atoms with Crippen molar-refractivity contribution in [3.8, 4) is 0 Å². The van der Waals surface area contributed by atoms with Gasteiger partial charge in [-0.3, -0.25) is 0 Å². The monoisotopic (exact) mass is 252 g/mol. The molecule has 13 heavy (non-hydrogen) atoms. The van der Waals surface area contributed by atoms with Crippen molar-refractivity contribution in [1.82, 2.24) is 4.98 Å². The quantitative estimate of drug-likeness (QED) is 0.845. The Labute approximate surface area is 81.7 Å². The Kier molecular flexibility index (Phi) is 3.16. The molecule has 0 saturated carbocycles. The summed E-state index contributed by atoms with van der Waals surface area (Å²) in [6, 6.07) is 1.17. The van der Waals surface area contributed by atoms with E-state index in [1.807, 2.05) is 0 Å². The highest BCUT2D eigenvalue weighted by atomic mass is 79.9. The molecule has 0 aliphatic heterocycles. The van der Waals surface area contributed by atoms with Crippen LogP contribution < -0.4 is 5.73 Å². The largest absolute Gasteiger partial charge is 0.390 e. The Hall–Kier alpha value is -0.750. The van der Waals surface area contributed by atoms with E-state index in [0.29, 0.717) is 4.47 Å². The zero-order valence-electron chi connectivity index (χ0n) is 6.47. The van der Waals surface area contributed by atoms with E-state index in [0.717, 1.165) is 0 Å². The maximum Gasteiger partial charge on any atom is 0.267 e. The van der Waals surface area contributed by atoms with Gasteiger partial charge in [0.15, 0.2) is 0 Å². The number of alkyl halides is 2. The van der Waals surface area contributed by atoms with Gasteiger partial charge in [-0.2, -0.15) is 0 Å². The van der Waals surface area contributed by atoms with E-state index >= 15 is 0 Å². The molecule has 1 aromatic heterocycles. The second kappa shape index (κ2) is 3.97. The predicted octanol–water partition coefficient (Wildman–Crippen LogP) is 1.86. The molecule has 72 valence electrons. The number of nitrogen functional groups attached to an aromatic ring is 1. The summed E-state index contributed by atoms with van der Waals surface area (Å²) in [5, 5.41) is 8.74. The molecule has 0 spiro atoms. The van der Waals surface area contributed by atoms with E-state index in [4.69, 9.17) is 10.8 Å². The van der Waals surface area contributed by atoms with Crippen molar-refractivity contribution in [3.63, 3.8) is 0 Å². The van der Waals surface area contributed by atoms with E-state index in [2.05, 4.69) is 20.9 Å². The topological polar surface area (TPSA) is 59.1 Å². The number of rotatable bonds is 2. The van der Waals surface area contributed by atoms with Crippen molar-refractivity contribution in [2.45, 2.75) is 13.0 Å². The summed E-state index contributed by atoms with van der Waals surface area (Å²) in [6.45, 7) is -0.339. The number of nitrogens with zero attached hydrogens (tertiary/aromatic N) is 1. The fourth-order valence-electron chi connectivity index (χ4n) is 0.843. The Bertz CT molecular complexity index is 320. The lowest BCUT2D eigenvalue weighted by molar-refractivity contribution is 0.151. The minimum absolute atomic E-state index is 0.248. The third-order valence-electron chi connectivity index (χ3n) is 1.49. The number of halogens is 3. The number of anilines is 1. The number of aliphatic hydroxyl groups excluding tert-OH is 1. The highest BCUT2D eigenvalue weighted by Gasteiger charge is 2.15. The molecule has 1 aromatic rings. The van der Waals surface area contributed by atoms with Gasteiger partial charge in [-0.15, -0.1) is 0 Å². The van der Waals surface area contributed by atoms with Gasteiger partial charge >= 0.3 is 0 Å². The maximum atomic E-state index is 12.2. The van der Waals surface area contributed by atoms with E-state index in [-0.39, 0.29) is 23.7 Å². The van der Waals surface area contributed by atoms with Crippen LogP contribution in [0.3, 0.4) is 0 Å². The first-order valence-corrected chi connectivity index (χ1v) is 4.19. The molecule has 1 heterocycles. The molecule has 1 rings (SSSR count). The standard InChI is InChI=1S/C7H7BrF2N2O/c8-4-1-3(6(9)10)7(11)12-5(4)2-13/h1,6,13H,2H2,(H2,11,12). The highest BCUT2D eigenvalue weighted by molar-refractivity contribution is 9.10. The molecule has 3 nitrogen and oxygen atoms in total. The minimum Gasteiger partial charge on any atom is -0.390 e. The Morgan fingerprint density at radius 2 is 2.23 bits per heavy atom. The lowest BCUT2D eigenvalue weighted by Gasteiger charge is -2.07. The minimum atomic E-state index is -2.66. The van der Waals surface area contributed by atoms with Crippen LogP contribution in [0.4, 0.5) is 14.6 Å². The Morgan fingerprint density at radius 1 is 1.62 bits per heavy atom. The molecule has 6 heteroatoms.